The van der Waals surface area contributed by atoms with Gasteiger partial charge in [-0.15, -0.1) is 0 Å². The molecule has 0 aliphatic carbocycles. The summed E-state index contributed by atoms with van der Waals surface area (Å²) in [5.74, 6) is 4.58. The van der Waals surface area contributed by atoms with Gasteiger partial charge in [-0.05, 0) is 72.7 Å². The molecule has 3 atom stereocenters. The molecular formula is C50H60F3N9O6. The van der Waals surface area contributed by atoms with Crippen molar-refractivity contribution in [2.75, 3.05) is 71.0 Å². The number of carbonyl (C=O) groups excluding carboxylic acids is 3. The van der Waals surface area contributed by atoms with Gasteiger partial charge in [0.1, 0.15) is 12.1 Å². The Hall–Kier alpha value is -6.20. The van der Waals surface area contributed by atoms with Crippen LogP contribution in [0.4, 0.5) is 18.9 Å². The number of pyridine rings is 1. The predicted octanol–water partition coefficient (Wildman–Crippen LogP) is 4.67. The predicted molar refractivity (Wildman–Crippen MR) is 252 cm³/mol. The van der Waals surface area contributed by atoms with E-state index in [0.29, 0.717) is 82.2 Å². The minimum absolute atomic E-state index is 0.0347. The first kappa shape index (κ1) is 51.2. The summed E-state index contributed by atoms with van der Waals surface area (Å²) in [7, 11) is 0. The zero-order valence-corrected chi connectivity index (χ0v) is 38.6. The Morgan fingerprint density at radius 1 is 0.897 bits per heavy atom. The van der Waals surface area contributed by atoms with Crippen molar-refractivity contribution in [3.05, 3.63) is 124 Å². The zero-order valence-electron chi connectivity index (χ0n) is 38.6. The molecule has 2 aromatic heterocycles. The fraction of sp³-hybridized carbons (Fsp3) is 0.420. The molecule has 7 N–H and O–H groups in total. The zero-order chi connectivity index (χ0) is 48.6. The van der Waals surface area contributed by atoms with Gasteiger partial charge in [0.2, 0.25) is 5.91 Å². The molecule has 0 bridgehead atoms. The number of rotatable bonds is 21. The molecule has 0 saturated carbocycles. The normalized spacial score (nSPS) is 14.8. The van der Waals surface area contributed by atoms with Gasteiger partial charge in [0.15, 0.2) is 5.65 Å². The van der Waals surface area contributed by atoms with Gasteiger partial charge in [-0.1, -0.05) is 68.2 Å². The second-order valence-electron chi connectivity index (χ2n) is 17.3. The summed E-state index contributed by atoms with van der Waals surface area (Å²) in [5, 5.41) is 26.2. The first-order valence-corrected chi connectivity index (χ1v) is 22.7. The number of aliphatic hydroxyl groups excluding tert-OH is 1. The summed E-state index contributed by atoms with van der Waals surface area (Å²) in [6.07, 6.45) is -2.17. The first-order valence-electron chi connectivity index (χ1n) is 22.7. The maximum atomic E-state index is 14.4. The van der Waals surface area contributed by atoms with E-state index in [1.54, 1.807) is 30.6 Å². The van der Waals surface area contributed by atoms with E-state index in [1.807, 2.05) is 62.1 Å². The molecule has 1 fully saturated rings. The number of nitrogens with two attached hydrogens (primary N) is 1. The van der Waals surface area contributed by atoms with Gasteiger partial charge in [0.05, 0.1) is 38.2 Å². The summed E-state index contributed by atoms with van der Waals surface area (Å²) in [6.45, 7) is 10.5. The number of amides is 3. The van der Waals surface area contributed by atoms with Gasteiger partial charge in [-0.25, -0.2) is 4.98 Å². The third-order valence-electron chi connectivity index (χ3n) is 11.5. The van der Waals surface area contributed by atoms with Gasteiger partial charge in [-0.3, -0.25) is 29.3 Å². The number of anilines is 1. The molecule has 3 aromatic carbocycles. The number of aromatic amines is 1. The monoisotopic (exact) mass is 939 g/mol. The topological polar surface area (TPSA) is 200 Å². The quantitative estimate of drug-likeness (QED) is 0.0442. The highest BCUT2D eigenvalue weighted by atomic mass is 19.4. The average molecular weight is 940 g/mol. The van der Waals surface area contributed by atoms with Crippen LogP contribution in [-0.2, 0) is 38.2 Å². The van der Waals surface area contributed by atoms with E-state index in [2.05, 4.69) is 47.9 Å². The molecule has 3 amide bonds. The van der Waals surface area contributed by atoms with Crippen molar-refractivity contribution in [2.24, 2.45) is 11.7 Å². The third-order valence-corrected chi connectivity index (χ3v) is 11.5. The summed E-state index contributed by atoms with van der Waals surface area (Å²) in [4.78, 5) is 47.5. The van der Waals surface area contributed by atoms with E-state index in [4.69, 9.17) is 15.2 Å². The summed E-state index contributed by atoms with van der Waals surface area (Å²) in [5.41, 5.74) is 9.35. The summed E-state index contributed by atoms with van der Waals surface area (Å²) < 4.78 is 54.5. The second-order valence-corrected chi connectivity index (χ2v) is 17.3. The number of H-pyrrole nitrogens is 1. The number of aromatic nitrogens is 3. The van der Waals surface area contributed by atoms with Crippen molar-refractivity contribution in [2.45, 2.75) is 64.5 Å². The number of piperazine rings is 1. The Morgan fingerprint density at radius 3 is 2.37 bits per heavy atom. The van der Waals surface area contributed by atoms with Crippen LogP contribution in [0.3, 0.4) is 0 Å². The molecule has 362 valence electrons. The lowest BCUT2D eigenvalue weighted by Gasteiger charge is -2.35. The van der Waals surface area contributed by atoms with Gasteiger partial charge < -0.3 is 36.3 Å². The molecule has 68 heavy (non-hydrogen) atoms. The number of fused-ring (bicyclic) bond motifs is 1. The largest absolute Gasteiger partial charge is 0.416 e. The van der Waals surface area contributed by atoms with Crippen LogP contribution in [0.1, 0.15) is 64.0 Å². The molecule has 3 unspecified atom stereocenters. The summed E-state index contributed by atoms with van der Waals surface area (Å²) in [6, 6.07) is 18.3. The van der Waals surface area contributed by atoms with Crippen molar-refractivity contribution in [1.82, 2.24) is 35.6 Å². The van der Waals surface area contributed by atoms with Gasteiger partial charge in [-0.2, -0.15) is 18.3 Å². The van der Waals surface area contributed by atoms with Crippen LogP contribution in [-0.4, -0.2) is 132 Å². The molecule has 18 heteroatoms. The van der Waals surface area contributed by atoms with Crippen molar-refractivity contribution in [3.63, 3.8) is 0 Å². The molecule has 1 saturated heterocycles. The number of aliphatic hydroxyl groups is 1. The number of ether oxygens (including phenoxy) is 2. The minimum atomic E-state index is -4.63. The Kier molecular flexibility index (Phi) is 18.6. The number of aryl methyl sites for hydroxylation is 1. The van der Waals surface area contributed by atoms with E-state index in [1.165, 1.54) is 12.1 Å². The Bertz CT molecular complexity index is 2520. The van der Waals surface area contributed by atoms with Gasteiger partial charge in [0, 0.05) is 85.8 Å². The van der Waals surface area contributed by atoms with Crippen LogP contribution in [0.15, 0.2) is 85.2 Å². The molecule has 3 heterocycles. The number of nitrogens with zero attached hydrogens (tertiary/aromatic N) is 4. The lowest BCUT2D eigenvalue weighted by Crippen LogP contribution is -2.54. The van der Waals surface area contributed by atoms with Crippen LogP contribution in [0.5, 0.6) is 0 Å². The fourth-order valence-corrected chi connectivity index (χ4v) is 7.65. The van der Waals surface area contributed by atoms with E-state index >= 15 is 0 Å². The number of hydrogen-bond acceptors (Lipinski definition) is 11. The van der Waals surface area contributed by atoms with E-state index in [-0.39, 0.29) is 48.3 Å². The highest BCUT2D eigenvalue weighted by molar-refractivity contribution is 6.04. The number of carbonyl (C=O) groups is 3. The van der Waals surface area contributed by atoms with Crippen LogP contribution >= 0.6 is 0 Å². The van der Waals surface area contributed by atoms with Crippen LogP contribution in [0, 0.1) is 24.7 Å². The maximum absolute atomic E-state index is 14.4. The van der Waals surface area contributed by atoms with E-state index in [9.17, 15) is 32.7 Å². The molecule has 1 aliphatic heterocycles. The highest BCUT2D eigenvalue weighted by Crippen LogP contribution is 2.35. The number of benzene rings is 3. The van der Waals surface area contributed by atoms with Crippen LogP contribution in [0.2, 0.25) is 0 Å². The number of nitrogens with one attached hydrogen (secondary N) is 4. The molecular weight excluding hydrogens is 880 g/mol. The average Bonchev–Trinajstić information content (AvgIpc) is 3.79. The third kappa shape index (κ3) is 15.4. The van der Waals surface area contributed by atoms with E-state index < -0.39 is 41.7 Å². The maximum Gasteiger partial charge on any atom is 0.416 e. The number of halogens is 3. The Balaban J connectivity index is 0.871. The smallest absolute Gasteiger partial charge is 0.382 e. The van der Waals surface area contributed by atoms with Crippen LogP contribution < -0.4 is 21.7 Å². The van der Waals surface area contributed by atoms with Crippen molar-refractivity contribution < 1.29 is 42.1 Å². The van der Waals surface area contributed by atoms with E-state index in [0.717, 1.165) is 22.6 Å². The molecule has 5 aromatic rings. The SMILES string of the molecule is Cc1ccc(C(=O)Nc2ccc(CN3CCN(CCOCCOCCNC(=O)C(CC(C)C)NC(=O)C(O)C(N)Cc4ccccc4)CC3)c(C(F)(F)F)c2)cc1C#Cc1cnc2[nH]ncc2c1. The summed E-state index contributed by atoms with van der Waals surface area (Å²) >= 11 is 0. The highest BCUT2D eigenvalue weighted by Gasteiger charge is 2.35. The first-order chi connectivity index (χ1) is 32.6. The standard InChI is InChI=1S/C50H60F3N9O6/c1-33(2)25-44(59-49(66)45(63)43(54)27-35-7-5-4-6-8-35)48(65)55-15-21-67-23-24-68-22-20-61-16-18-62(19-17-61)32-39-13-14-41(29-42(39)50(51,52)53)58-47(64)38-11-9-34(3)37(28-38)12-10-36-26-40-31-57-60-46(40)56-30-36/h4-9,11,13-14,26,28-31,33,43-45,63H,15-25,27,32,54H2,1-3H3,(H,55,65)(H,58,64)(H,59,66)(H,56,57,60). The molecule has 15 nitrogen and oxygen atoms in total. The van der Waals surface area contributed by atoms with Gasteiger partial charge >= 0.3 is 6.18 Å². The lowest BCUT2D eigenvalue weighted by molar-refractivity contribution is -0.138. The van der Waals surface area contributed by atoms with Crippen molar-refractivity contribution in [1.29, 1.82) is 0 Å². The second kappa shape index (κ2) is 24.7. The van der Waals surface area contributed by atoms with Crippen molar-refractivity contribution in [3.8, 4) is 11.8 Å². The molecule has 1 aliphatic rings. The number of hydrogen-bond donors (Lipinski definition) is 6. The molecule has 0 spiro atoms. The fourth-order valence-electron chi connectivity index (χ4n) is 7.65. The minimum Gasteiger partial charge on any atom is -0.382 e. The Labute approximate surface area is 394 Å². The lowest BCUT2D eigenvalue weighted by atomic mass is 10.00. The number of alkyl halides is 3. The van der Waals surface area contributed by atoms with Crippen molar-refractivity contribution >= 4 is 34.4 Å². The molecule has 0 radical (unpaired) electrons. The van der Waals surface area contributed by atoms with Crippen LogP contribution in [0.25, 0.3) is 11.0 Å². The van der Waals surface area contributed by atoms with Gasteiger partial charge in [0.25, 0.3) is 11.8 Å². The Morgan fingerprint density at radius 2 is 1.63 bits per heavy atom. The molecule has 6 rings (SSSR count).